The molecule has 150 valence electrons. The Hall–Kier alpha value is -3.58. The fourth-order valence-corrected chi connectivity index (χ4v) is 3.44. The first-order chi connectivity index (χ1) is 14.6. The molecule has 0 aliphatic heterocycles. The third-order valence-corrected chi connectivity index (χ3v) is 5.06. The molecule has 4 aromatic rings. The zero-order chi connectivity index (χ0) is 20.9. The molecule has 4 rings (SSSR count). The highest BCUT2D eigenvalue weighted by molar-refractivity contribution is 9.10. The van der Waals surface area contributed by atoms with Gasteiger partial charge in [0.25, 0.3) is 0 Å². The number of phenolic OH excluding ortho intramolecular Hbond substituents is 1. The number of aromatic amines is 1. The number of aromatic nitrogens is 2. The van der Waals surface area contributed by atoms with Gasteiger partial charge in [0.2, 0.25) is 0 Å². The van der Waals surface area contributed by atoms with Crippen molar-refractivity contribution in [2.45, 2.75) is 6.54 Å². The number of benzene rings is 3. The lowest BCUT2D eigenvalue weighted by molar-refractivity contribution is 0.256. The second kappa shape index (κ2) is 8.84. The van der Waals surface area contributed by atoms with E-state index in [-0.39, 0.29) is 18.3 Å². The van der Waals surface area contributed by atoms with Crippen LogP contribution in [0, 0.1) is 0 Å². The molecule has 3 aromatic carbocycles. The lowest BCUT2D eigenvalue weighted by Crippen LogP contribution is -2.34. The predicted octanol–water partition coefficient (Wildman–Crippen LogP) is 5.78. The molecule has 1 aromatic heterocycles. The molecule has 0 aliphatic carbocycles. The van der Waals surface area contributed by atoms with Crippen molar-refractivity contribution in [1.82, 2.24) is 10.2 Å². The van der Waals surface area contributed by atoms with Gasteiger partial charge in [-0.05, 0) is 35.9 Å². The minimum Gasteiger partial charge on any atom is -0.508 e. The molecule has 0 aliphatic rings. The number of halogens is 1. The molecule has 1 heterocycles. The molecule has 0 unspecified atom stereocenters. The summed E-state index contributed by atoms with van der Waals surface area (Å²) in [5.74, 6) is 0.552. The monoisotopic (exact) mass is 462 g/mol. The molecule has 30 heavy (non-hydrogen) atoms. The van der Waals surface area contributed by atoms with Crippen LogP contribution in [-0.2, 0) is 6.54 Å². The zero-order valence-electron chi connectivity index (χ0n) is 15.9. The summed E-state index contributed by atoms with van der Waals surface area (Å²) < 4.78 is 0.811. The summed E-state index contributed by atoms with van der Waals surface area (Å²) in [6, 6.07) is 25.5. The molecule has 0 bridgehead atoms. The average Bonchev–Trinajstić information content (AvgIpc) is 3.25. The van der Waals surface area contributed by atoms with Crippen molar-refractivity contribution in [1.29, 1.82) is 0 Å². The maximum atomic E-state index is 13.1. The average molecular weight is 463 g/mol. The van der Waals surface area contributed by atoms with Gasteiger partial charge in [0.15, 0.2) is 5.82 Å². The van der Waals surface area contributed by atoms with E-state index in [1.807, 2.05) is 66.7 Å². The van der Waals surface area contributed by atoms with Crippen molar-refractivity contribution in [3.63, 3.8) is 0 Å². The van der Waals surface area contributed by atoms with Crippen molar-refractivity contribution in [3.05, 3.63) is 95.0 Å². The van der Waals surface area contributed by atoms with Crippen molar-refractivity contribution >= 4 is 33.5 Å². The van der Waals surface area contributed by atoms with Crippen LogP contribution in [0.2, 0.25) is 0 Å². The first kappa shape index (κ1) is 19.7. The smallest absolute Gasteiger partial charge is 0.327 e. The first-order valence-electron chi connectivity index (χ1n) is 9.32. The Morgan fingerprint density at radius 2 is 1.70 bits per heavy atom. The van der Waals surface area contributed by atoms with E-state index in [1.165, 1.54) is 4.90 Å². The van der Waals surface area contributed by atoms with Gasteiger partial charge in [-0.1, -0.05) is 64.5 Å². The van der Waals surface area contributed by atoms with Gasteiger partial charge in [0.1, 0.15) is 5.75 Å². The van der Waals surface area contributed by atoms with Gasteiger partial charge >= 0.3 is 6.03 Å². The Labute approximate surface area is 182 Å². The number of hydrogen-bond donors (Lipinski definition) is 3. The molecule has 0 saturated carbocycles. The van der Waals surface area contributed by atoms with Gasteiger partial charge in [-0.15, -0.1) is 0 Å². The number of phenols is 1. The second-order valence-corrected chi connectivity index (χ2v) is 7.58. The van der Waals surface area contributed by atoms with E-state index in [0.717, 1.165) is 15.7 Å². The molecular weight excluding hydrogens is 444 g/mol. The minimum absolute atomic E-state index is 0.106. The highest BCUT2D eigenvalue weighted by Gasteiger charge is 2.21. The highest BCUT2D eigenvalue weighted by atomic mass is 79.9. The molecule has 0 atom stereocenters. The van der Waals surface area contributed by atoms with Crippen LogP contribution in [0.5, 0.6) is 5.75 Å². The van der Waals surface area contributed by atoms with Crippen LogP contribution in [-0.4, -0.2) is 21.3 Å². The van der Waals surface area contributed by atoms with E-state index >= 15 is 0 Å². The Morgan fingerprint density at radius 1 is 1.00 bits per heavy atom. The topological polar surface area (TPSA) is 81.3 Å². The fraction of sp³-hybridized carbons (Fsp3) is 0.0435. The summed E-state index contributed by atoms with van der Waals surface area (Å²) in [5, 5.41) is 20.5. The molecule has 7 heteroatoms. The van der Waals surface area contributed by atoms with Gasteiger partial charge in [-0.2, -0.15) is 5.10 Å². The van der Waals surface area contributed by atoms with Crippen molar-refractivity contribution in [3.8, 4) is 17.0 Å². The van der Waals surface area contributed by atoms with Gasteiger partial charge in [-0.3, -0.25) is 10.00 Å². The largest absolute Gasteiger partial charge is 0.508 e. The summed E-state index contributed by atoms with van der Waals surface area (Å²) in [4.78, 5) is 14.6. The summed E-state index contributed by atoms with van der Waals surface area (Å²) in [6.07, 6.45) is 0. The number of amides is 2. The Balaban J connectivity index is 1.67. The van der Waals surface area contributed by atoms with Crippen LogP contribution in [0.3, 0.4) is 0 Å². The molecule has 0 saturated heterocycles. The molecule has 3 N–H and O–H groups in total. The lowest BCUT2D eigenvalue weighted by atomic mass is 10.1. The van der Waals surface area contributed by atoms with Crippen LogP contribution in [0.15, 0.2) is 89.4 Å². The maximum Gasteiger partial charge on any atom is 0.327 e. The number of rotatable bonds is 5. The quantitative estimate of drug-likeness (QED) is 0.351. The number of carbonyl (C=O) groups is 1. The number of aromatic hydroxyl groups is 1. The number of para-hydroxylation sites is 1. The van der Waals surface area contributed by atoms with E-state index in [1.54, 1.807) is 18.2 Å². The number of hydrogen-bond acceptors (Lipinski definition) is 3. The van der Waals surface area contributed by atoms with Gasteiger partial charge in [0.05, 0.1) is 12.2 Å². The number of nitrogens with one attached hydrogen (secondary N) is 2. The molecule has 2 amide bonds. The standard InChI is InChI=1S/C23H19BrN4O2/c24-18-11-12-21(29)17(13-18)15-28(23(30)25-19-9-5-2-6-10-19)22-14-20(26-27-22)16-7-3-1-4-8-16/h1-14,29H,15H2,(H,25,30)(H,26,27). The maximum absolute atomic E-state index is 13.1. The Kier molecular flexibility index (Phi) is 5.81. The molecule has 0 spiro atoms. The van der Waals surface area contributed by atoms with Crippen LogP contribution in [0.1, 0.15) is 5.56 Å². The van der Waals surface area contributed by atoms with Crippen LogP contribution in [0.4, 0.5) is 16.3 Å². The highest BCUT2D eigenvalue weighted by Crippen LogP contribution is 2.27. The van der Waals surface area contributed by atoms with Crippen molar-refractivity contribution in [2.75, 3.05) is 10.2 Å². The van der Waals surface area contributed by atoms with E-state index in [4.69, 9.17) is 0 Å². The van der Waals surface area contributed by atoms with E-state index in [0.29, 0.717) is 17.1 Å². The SMILES string of the molecule is O=C(Nc1ccccc1)N(Cc1cc(Br)ccc1O)c1cc(-c2ccccc2)[nH]n1. The normalized spacial score (nSPS) is 10.6. The van der Waals surface area contributed by atoms with E-state index in [2.05, 4.69) is 31.4 Å². The zero-order valence-corrected chi connectivity index (χ0v) is 17.5. The number of anilines is 2. The second-order valence-electron chi connectivity index (χ2n) is 6.66. The summed E-state index contributed by atoms with van der Waals surface area (Å²) in [5.41, 5.74) is 3.02. The summed E-state index contributed by atoms with van der Waals surface area (Å²) in [6.45, 7) is 0.142. The minimum atomic E-state index is -0.355. The van der Waals surface area contributed by atoms with Gasteiger partial charge in [-0.25, -0.2) is 4.79 Å². The lowest BCUT2D eigenvalue weighted by Gasteiger charge is -2.21. The first-order valence-corrected chi connectivity index (χ1v) is 10.1. The number of urea groups is 1. The Morgan fingerprint density at radius 3 is 2.43 bits per heavy atom. The van der Waals surface area contributed by atoms with Crippen molar-refractivity contribution in [2.24, 2.45) is 0 Å². The molecule has 0 fully saturated rings. The van der Waals surface area contributed by atoms with E-state index < -0.39 is 0 Å². The number of H-pyrrole nitrogens is 1. The number of nitrogens with zero attached hydrogens (tertiary/aromatic N) is 2. The van der Waals surface area contributed by atoms with Gasteiger partial charge < -0.3 is 10.4 Å². The summed E-state index contributed by atoms with van der Waals surface area (Å²) >= 11 is 3.42. The number of carbonyl (C=O) groups excluding carboxylic acids is 1. The molecular formula is C23H19BrN4O2. The van der Waals surface area contributed by atoms with Crippen LogP contribution in [0.25, 0.3) is 11.3 Å². The molecule has 0 radical (unpaired) electrons. The predicted molar refractivity (Wildman–Crippen MR) is 121 cm³/mol. The summed E-state index contributed by atoms with van der Waals surface area (Å²) in [7, 11) is 0. The van der Waals surface area contributed by atoms with Gasteiger partial charge in [0, 0.05) is 21.8 Å². The van der Waals surface area contributed by atoms with E-state index in [9.17, 15) is 9.90 Å². The Bertz CT molecular complexity index is 1150. The third kappa shape index (κ3) is 4.52. The molecule has 6 nitrogen and oxygen atoms in total. The third-order valence-electron chi connectivity index (χ3n) is 4.57. The van der Waals surface area contributed by atoms with Crippen LogP contribution >= 0.6 is 15.9 Å². The van der Waals surface area contributed by atoms with Crippen LogP contribution < -0.4 is 10.2 Å². The van der Waals surface area contributed by atoms with Crippen molar-refractivity contribution < 1.29 is 9.90 Å². The fourth-order valence-electron chi connectivity index (χ4n) is 3.04.